The van der Waals surface area contributed by atoms with E-state index in [1.165, 1.54) is 68.6 Å². The van der Waals surface area contributed by atoms with Crippen LogP contribution in [0.2, 0.25) is 0 Å². The molecule has 0 spiro atoms. The molecule has 0 aliphatic heterocycles. The molecule has 0 saturated heterocycles. The van der Waals surface area contributed by atoms with Gasteiger partial charge in [-0.05, 0) is 70.3 Å². The standard InChI is InChI=1S/C49H31N3S2/c1-3-4-15-31-28-38-41(26-29(31)2)53-47-43(38)35-21-9-8-20-34(35)42-36-22-10-12-24-39(36)52(46(42)47)48-44(33-19-14-18-32(27-33)30-16-6-5-7-17-30)50-45-37-23-11-13-25-40(37)54-49(45)51-48/h3-28H,1H2,2H3/b15-4-. The third-order valence-corrected chi connectivity index (χ3v) is 12.9. The van der Waals surface area contributed by atoms with Gasteiger partial charge in [0.1, 0.15) is 16.0 Å². The lowest BCUT2D eigenvalue weighted by Gasteiger charge is -2.14. The van der Waals surface area contributed by atoms with Gasteiger partial charge in [0.25, 0.3) is 0 Å². The van der Waals surface area contributed by atoms with Gasteiger partial charge in [-0.25, -0.2) is 9.97 Å². The van der Waals surface area contributed by atoms with Crippen molar-refractivity contribution in [2.24, 2.45) is 0 Å². The molecule has 54 heavy (non-hydrogen) atoms. The maximum Gasteiger partial charge on any atom is 0.166 e. The number of thiophene rings is 2. The molecule has 7 aromatic carbocycles. The van der Waals surface area contributed by atoms with E-state index in [2.05, 4.69) is 164 Å². The van der Waals surface area contributed by atoms with E-state index in [4.69, 9.17) is 9.97 Å². The first-order valence-corrected chi connectivity index (χ1v) is 19.7. The molecule has 3 nitrogen and oxygen atoms in total. The molecule has 11 aromatic rings. The Kier molecular flexibility index (Phi) is 6.96. The summed E-state index contributed by atoms with van der Waals surface area (Å²) in [4.78, 5) is 12.2. The molecule has 0 N–H and O–H groups in total. The molecule has 0 atom stereocenters. The smallest absolute Gasteiger partial charge is 0.166 e. The van der Waals surface area contributed by atoms with E-state index < -0.39 is 0 Å². The van der Waals surface area contributed by atoms with Crippen molar-refractivity contribution in [2.75, 3.05) is 0 Å². The SMILES string of the molecule is C=C/C=C\c1cc2c(cc1C)sc1c2c2ccccc2c2c3ccccc3n(-c3nc4sc5ccccc5c4nc3-c3cccc(-c4ccccc4)c3)c12. The Morgan fingerprint density at radius 1 is 0.593 bits per heavy atom. The van der Waals surface area contributed by atoms with Crippen LogP contribution in [0.4, 0.5) is 0 Å². The van der Waals surface area contributed by atoms with Gasteiger partial charge in [0.2, 0.25) is 0 Å². The normalized spacial score (nSPS) is 12.2. The zero-order valence-electron chi connectivity index (χ0n) is 29.4. The second-order valence-electron chi connectivity index (χ2n) is 13.8. The van der Waals surface area contributed by atoms with Crippen molar-refractivity contribution >= 4 is 102 Å². The molecule has 254 valence electrons. The zero-order valence-corrected chi connectivity index (χ0v) is 31.0. The van der Waals surface area contributed by atoms with Crippen LogP contribution in [0.5, 0.6) is 0 Å². The van der Waals surface area contributed by atoms with E-state index in [1.54, 1.807) is 11.3 Å². The first-order valence-electron chi connectivity index (χ1n) is 18.1. The number of nitrogens with zero attached hydrogens (tertiary/aromatic N) is 3. The van der Waals surface area contributed by atoms with Gasteiger partial charge in [0.05, 0.1) is 15.7 Å². The molecule has 4 aromatic heterocycles. The summed E-state index contributed by atoms with van der Waals surface area (Å²) in [6.45, 7) is 6.12. The van der Waals surface area contributed by atoms with Crippen LogP contribution in [0.1, 0.15) is 11.1 Å². The summed E-state index contributed by atoms with van der Waals surface area (Å²) in [5, 5.41) is 8.62. The highest BCUT2D eigenvalue weighted by Crippen LogP contribution is 2.49. The van der Waals surface area contributed by atoms with Gasteiger partial charge >= 0.3 is 0 Å². The first-order chi connectivity index (χ1) is 26.7. The van der Waals surface area contributed by atoms with Crippen molar-refractivity contribution in [3.8, 4) is 28.2 Å². The first kappa shape index (κ1) is 31.2. The summed E-state index contributed by atoms with van der Waals surface area (Å²) in [5.74, 6) is 0.838. The fourth-order valence-corrected chi connectivity index (χ4v) is 10.6. The predicted octanol–water partition coefficient (Wildman–Crippen LogP) is 14.3. The highest BCUT2D eigenvalue weighted by molar-refractivity contribution is 7.27. The number of benzene rings is 7. The molecule has 0 aliphatic rings. The second kappa shape index (κ2) is 12.1. The Morgan fingerprint density at radius 3 is 2.13 bits per heavy atom. The minimum Gasteiger partial charge on any atom is -0.290 e. The largest absolute Gasteiger partial charge is 0.290 e. The van der Waals surface area contributed by atoms with E-state index in [-0.39, 0.29) is 0 Å². The molecule has 11 rings (SSSR count). The van der Waals surface area contributed by atoms with Gasteiger partial charge < -0.3 is 0 Å². The molecule has 0 saturated carbocycles. The lowest BCUT2D eigenvalue weighted by Crippen LogP contribution is -2.03. The molecule has 0 aliphatic carbocycles. The van der Waals surface area contributed by atoms with Crippen LogP contribution in [0, 0.1) is 6.92 Å². The van der Waals surface area contributed by atoms with Gasteiger partial charge in [-0.1, -0.05) is 134 Å². The third kappa shape index (κ3) is 4.59. The van der Waals surface area contributed by atoms with E-state index in [0.717, 1.165) is 43.9 Å². The summed E-state index contributed by atoms with van der Waals surface area (Å²) in [6, 6.07) is 50.3. The molecular weight excluding hydrogens is 695 g/mol. The number of allylic oxidation sites excluding steroid dienone is 2. The average Bonchev–Trinajstić information content (AvgIpc) is 3.89. The Labute approximate surface area is 319 Å². The minimum absolute atomic E-state index is 0.838. The van der Waals surface area contributed by atoms with Crippen molar-refractivity contribution < 1.29 is 0 Å². The number of aromatic nitrogens is 3. The highest BCUT2D eigenvalue weighted by Gasteiger charge is 2.26. The average molecular weight is 726 g/mol. The minimum atomic E-state index is 0.838. The van der Waals surface area contributed by atoms with Crippen LogP contribution in [0.3, 0.4) is 0 Å². The van der Waals surface area contributed by atoms with Crippen molar-refractivity contribution in [1.82, 2.24) is 14.5 Å². The summed E-state index contributed by atoms with van der Waals surface area (Å²) in [7, 11) is 0. The summed E-state index contributed by atoms with van der Waals surface area (Å²) in [5.41, 5.74) is 9.88. The molecule has 4 heterocycles. The van der Waals surface area contributed by atoms with E-state index in [0.29, 0.717) is 0 Å². The second-order valence-corrected chi connectivity index (χ2v) is 15.9. The van der Waals surface area contributed by atoms with Crippen molar-refractivity contribution in [1.29, 1.82) is 0 Å². The van der Waals surface area contributed by atoms with Crippen LogP contribution in [0.15, 0.2) is 158 Å². The number of aryl methyl sites for hydroxylation is 1. The number of rotatable bonds is 5. The summed E-state index contributed by atoms with van der Waals surface area (Å²) < 4.78 is 6.13. The van der Waals surface area contributed by atoms with Crippen molar-refractivity contribution in [3.05, 3.63) is 169 Å². The van der Waals surface area contributed by atoms with Crippen molar-refractivity contribution in [3.63, 3.8) is 0 Å². The Bertz CT molecular complexity index is 3360. The molecule has 0 radical (unpaired) electrons. The summed E-state index contributed by atoms with van der Waals surface area (Å²) >= 11 is 3.58. The fourth-order valence-electron chi connectivity index (χ4n) is 8.25. The number of hydrogen-bond donors (Lipinski definition) is 0. The highest BCUT2D eigenvalue weighted by atomic mass is 32.1. The van der Waals surface area contributed by atoms with E-state index in [1.807, 2.05) is 23.5 Å². The van der Waals surface area contributed by atoms with Gasteiger partial charge in [-0.3, -0.25) is 4.57 Å². The third-order valence-electron chi connectivity index (χ3n) is 10.7. The molecule has 0 bridgehead atoms. The quantitative estimate of drug-likeness (QED) is 0.165. The Morgan fingerprint density at radius 2 is 1.30 bits per heavy atom. The van der Waals surface area contributed by atoms with Crippen LogP contribution >= 0.6 is 22.7 Å². The van der Waals surface area contributed by atoms with Gasteiger partial charge in [-0.15, -0.1) is 22.7 Å². The number of hydrogen-bond acceptors (Lipinski definition) is 4. The number of fused-ring (bicyclic) bond motifs is 13. The molecule has 5 heteroatoms. The maximum absolute atomic E-state index is 5.64. The molecule has 0 amide bonds. The monoisotopic (exact) mass is 725 g/mol. The molecule has 0 unspecified atom stereocenters. The molecular formula is C49H31N3S2. The van der Waals surface area contributed by atoms with Gasteiger partial charge in [0, 0.05) is 41.9 Å². The Balaban J connectivity index is 1.33. The van der Waals surface area contributed by atoms with Crippen LogP contribution in [-0.4, -0.2) is 14.5 Å². The lowest BCUT2D eigenvalue weighted by atomic mass is 9.97. The fraction of sp³-hybridized carbons (Fsp3) is 0.0204. The lowest BCUT2D eigenvalue weighted by molar-refractivity contribution is 1.09. The van der Waals surface area contributed by atoms with Gasteiger partial charge in [0.15, 0.2) is 5.82 Å². The number of para-hydroxylation sites is 1. The molecule has 0 fully saturated rings. The van der Waals surface area contributed by atoms with Crippen LogP contribution < -0.4 is 0 Å². The van der Waals surface area contributed by atoms with Gasteiger partial charge in [-0.2, -0.15) is 0 Å². The summed E-state index contributed by atoms with van der Waals surface area (Å²) in [6.07, 6.45) is 6.02. The Hall–Kier alpha value is -6.40. The van der Waals surface area contributed by atoms with Crippen molar-refractivity contribution in [2.45, 2.75) is 6.92 Å². The maximum atomic E-state index is 5.64. The topological polar surface area (TPSA) is 30.7 Å². The van der Waals surface area contributed by atoms with Crippen LogP contribution in [-0.2, 0) is 0 Å². The predicted molar refractivity (Wildman–Crippen MR) is 234 cm³/mol. The van der Waals surface area contributed by atoms with Crippen LogP contribution in [0.25, 0.3) is 107 Å². The zero-order chi connectivity index (χ0) is 35.9. The van der Waals surface area contributed by atoms with E-state index >= 15 is 0 Å². The van der Waals surface area contributed by atoms with E-state index in [9.17, 15) is 0 Å².